The average molecular weight is 164 g/mol. The Labute approximate surface area is 76.4 Å². The van der Waals surface area contributed by atoms with E-state index in [1.54, 1.807) is 5.57 Å². The van der Waals surface area contributed by atoms with Crippen molar-refractivity contribution in [3.8, 4) is 0 Å². The van der Waals surface area contributed by atoms with E-state index < -0.39 is 0 Å². The molecule has 1 rings (SSSR count). The highest BCUT2D eigenvalue weighted by Crippen LogP contribution is 2.31. The lowest BCUT2D eigenvalue weighted by Gasteiger charge is -2.23. The molecule has 0 heteroatoms. The molecule has 0 bridgehead atoms. The Kier molecular flexibility index (Phi) is 3.58. The van der Waals surface area contributed by atoms with Crippen molar-refractivity contribution in [2.24, 2.45) is 5.92 Å². The zero-order valence-corrected chi connectivity index (χ0v) is 8.40. The highest BCUT2D eigenvalue weighted by Gasteiger charge is 2.15. The molecule has 0 N–H and O–H groups in total. The van der Waals surface area contributed by atoms with Gasteiger partial charge in [-0.3, -0.25) is 0 Å². The van der Waals surface area contributed by atoms with Gasteiger partial charge in [0.15, 0.2) is 0 Å². The van der Waals surface area contributed by atoms with Crippen molar-refractivity contribution in [1.29, 1.82) is 0 Å². The smallest absolute Gasteiger partial charge is 0.0194 e. The van der Waals surface area contributed by atoms with Crippen LogP contribution in [0.15, 0.2) is 23.8 Å². The largest absolute Gasteiger partial charge is 0.0998 e. The van der Waals surface area contributed by atoms with Gasteiger partial charge in [-0.25, -0.2) is 0 Å². The topological polar surface area (TPSA) is 0 Å². The summed E-state index contributed by atoms with van der Waals surface area (Å²) in [5.74, 6) is 0.762. The van der Waals surface area contributed by atoms with Crippen molar-refractivity contribution >= 4 is 0 Å². The third-order valence-electron chi connectivity index (χ3n) is 2.69. The van der Waals surface area contributed by atoms with Crippen molar-refractivity contribution in [1.82, 2.24) is 0 Å². The van der Waals surface area contributed by atoms with E-state index >= 15 is 0 Å². The molecule has 0 saturated heterocycles. The molecule has 0 heterocycles. The normalized spacial score (nSPS) is 28.0. The molecule has 1 atom stereocenters. The first kappa shape index (κ1) is 9.57. The fourth-order valence-corrected chi connectivity index (χ4v) is 1.87. The molecule has 68 valence electrons. The minimum absolute atomic E-state index is 0.762. The Morgan fingerprint density at radius 3 is 2.83 bits per heavy atom. The van der Waals surface area contributed by atoms with Crippen LogP contribution < -0.4 is 0 Å². The molecule has 0 spiro atoms. The van der Waals surface area contributed by atoms with Gasteiger partial charge in [0.05, 0.1) is 0 Å². The maximum absolute atomic E-state index is 4.05. The number of allylic oxidation sites excluding steroid dienone is 3. The summed E-state index contributed by atoms with van der Waals surface area (Å²) in [4.78, 5) is 0. The summed E-state index contributed by atoms with van der Waals surface area (Å²) in [7, 11) is 0. The summed E-state index contributed by atoms with van der Waals surface area (Å²) in [6.07, 6.45) is 8.68. The summed E-state index contributed by atoms with van der Waals surface area (Å²) in [5, 5.41) is 0. The third kappa shape index (κ3) is 2.51. The van der Waals surface area contributed by atoms with Crippen LogP contribution in [-0.2, 0) is 0 Å². The van der Waals surface area contributed by atoms with Gasteiger partial charge < -0.3 is 0 Å². The lowest BCUT2D eigenvalue weighted by molar-refractivity contribution is 0.571. The molecule has 1 unspecified atom stereocenters. The van der Waals surface area contributed by atoms with E-state index in [0.29, 0.717) is 0 Å². The van der Waals surface area contributed by atoms with Crippen molar-refractivity contribution in [3.05, 3.63) is 23.8 Å². The highest BCUT2D eigenvalue weighted by atomic mass is 14.2. The molecule has 0 nitrogen and oxygen atoms in total. The summed E-state index contributed by atoms with van der Waals surface area (Å²) < 4.78 is 0. The molecule has 0 amide bonds. The Morgan fingerprint density at radius 2 is 2.25 bits per heavy atom. The van der Waals surface area contributed by atoms with Crippen molar-refractivity contribution in [2.45, 2.75) is 46.0 Å². The highest BCUT2D eigenvalue weighted by molar-refractivity contribution is 5.16. The summed E-state index contributed by atoms with van der Waals surface area (Å²) >= 11 is 0. The maximum Gasteiger partial charge on any atom is -0.0194 e. The van der Waals surface area contributed by atoms with Crippen LogP contribution in [0.2, 0.25) is 0 Å². The Morgan fingerprint density at radius 1 is 1.50 bits per heavy atom. The molecule has 1 saturated carbocycles. The SMILES string of the molecule is C=C1CC/C(=C\CCC)C(C)C1. The maximum atomic E-state index is 4.05. The lowest BCUT2D eigenvalue weighted by atomic mass is 9.82. The molecule has 1 aliphatic rings. The number of hydrogen-bond donors (Lipinski definition) is 0. The monoisotopic (exact) mass is 164 g/mol. The fourth-order valence-electron chi connectivity index (χ4n) is 1.87. The van der Waals surface area contributed by atoms with Crippen LogP contribution in [0.4, 0.5) is 0 Å². The number of rotatable bonds is 2. The molecule has 12 heavy (non-hydrogen) atoms. The second-order valence-electron chi connectivity index (χ2n) is 3.92. The summed E-state index contributed by atoms with van der Waals surface area (Å²) in [6, 6.07) is 0. The minimum Gasteiger partial charge on any atom is -0.0998 e. The lowest BCUT2D eigenvalue weighted by Crippen LogP contribution is -2.07. The Bertz CT molecular complexity index is 186. The van der Waals surface area contributed by atoms with E-state index in [4.69, 9.17) is 0 Å². The van der Waals surface area contributed by atoms with E-state index in [1.165, 1.54) is 37.7 Å². The van der Waals surface area contributed by atoms with E-state index in [2.05, 4.69) is 26.5 Å². The van der Waals surface area contributed by atoms with Crippen LogP contribution in [0.5, 0.6) is 0 Å². The van der Waals surface area contributed by atoms with Crippen molar-refractivity contribution < 1.29 is 0 Å². The van der Waals surface area contributed by atoms with E-state index in [1.807, 2.05) is 0 Å². The average Bonchev–Trinajstić information content (AvgIpc) is 2.03. The molecule has 0 aromatic carbocycles. The fraction of sp³-hybridized carbons (Fsp3) is 0.667. The molecular formula is C12H20. The molecule has 0 aliphatic heterocycles. The van der Waals surface area contributed by atoms with Gasteiger partial charge >= 0.3 is 0 Å². The molecular weight excluding hydrogens is 144 g/mol. The van der Waals surface area contributed by atoms with Crippen LogP contribution in [0.1, 0.15) is 46.0 Å². The van der Waals surface area contributed by atoms with Crippen molar-refractivity contribution in [2.75, 3.05) is 0 Å². The van der Waals surface area contributed by atoms with Gasteiger partial charge in [-0.15, -0.1) is 0 Å². The molecule has 0 aromatic heterocycles. The molecule has 1 aliphatic carbocycles. The summed E-state index contributed by atoms with van der Waals surface area (Å²) in [5.41, 5.74) is 3.11. The van der Waals surface area contributed by atoms with Crippen LogP contribution in [0, 0.1) is 5.92 Å². The number of hydrogen-bond acceptors (Lipinski definition) is 0. The molecule has 0 aromatic rings. The Balaban J connectivity index is 2.49. The van der Waals surface area contributed by atoms with Gasteiger partial charge in [0.25, 0.3) is 0 Å². The first-order valence-corrected chi connectivity index (χ1v) is 5.09. The van der Waals surface area contributed by atoms with Gasteiger partial charge in [-0.05, 0) is 31.6 Å². The van der Waals surface area contributed by atoms with Gasteiger partial charge in [-0.2, -0.15) is 0 Å². The van der Waals surface area contributed by atoms with Gasteiger partial charge in [0.1, 0.15) is 0 Å². The minimum atomic E-state index is 0.762. The van der Waals surface area contributed by atoms with Crippen LogP contribution >= 0.6 is 0 Å². The van der Waals surface area contributed by atoms with E-state index in [9.17, 15) is 0 Å². The zero-order valence-electron chi connectivity index (χ0n) is 8.40. The molecule has 1 fully saturated rings. The standard InChI is InChI=1S/C12H20/c1-4-5-6-12-8-7-10(2)9-11(12)3/h6,11H,2,4-5,7-9H2,1,3H3/b12-6+. The van der Waals surface area contributed by atoms with Crippen LogP contribution in [0.3, 0.4) is 0 Å². The van der Waals surface area contributed by atoms with E-state index in [0.717, 1.165) is 5.92 Å². The predicted octanol–water partition coefficient (Wildman–Crippen LogP) is 4.09. The van der Waals surface area contributed by atoms with Gasteiger partial charge in [-0.1, -0.05) is 44.1 Å². The second-order valence-corrected chi connectivity index (χ2v) is 3.92. The first-order chi connectivity index (χ1) is 5.74. The third-order valence-corrected chi connectivity index (χ3v) is 2.69. The molecule has 0 radical (unpaired) electrons. The quantitative estimate of drug-likeness (QED) is 0.539. The Hall–Kier alpha value is -0.520. The van der Waals surface area contributed by atoms with Gasteiger partial charge in [0.2, 0.25) is 0 Å². The summed E-state index contributed by atoms with van der Waals surface area (Å²) in [6.45, 7) is 8.62. The predicted molar refractivity (Wildman–Crippen MR) is 55.1 cm³/mol. The number of unbranched alkanes of at least 4 members (excludes halogenated alkanes) is 1. The van der Waals surface area contributed by atoms with Gasteiger partial charge in [0, 0.05) is 0 Å². The first-order valence-electron chi connectivity index (χ1n) is 5.09. The van der Waals surface area contributed by atoms with Crippen molar-refractivity contribution in [3.63, 3.8) is 0 Å². The van der Waals surface area contributed by atoms with Crippen LogP contribution in [-0.4, -0.2) is 0 Å². The second kappa shape index (κ2) is 4.49. The zero-order chi connectivity index (χ0) is 8.97. The van der Waals surface area contributed by atoms with E-state index in [-0.39, 0.29) is 0 Å². The van der Waals surface area contributed by atoms with Crippen LogP contribution in [0.25, 0.3) is 0 Å².